The molecular formula is C13H23NO3S. The summed E-state index contributed by atoms with van der Waals surface area (Å²) in [5.74, 6) is 1.01. The summed E-state index contributed by atoms with van der Waals surface area (Å²) in [6.45, 7) is 4.05. The van der Waals surface area contributed by atoms with Crippen LogP contribution in [0.5, 0.6) is 0 Å². The van der Waals surface area contributed by atoms with Crippen molar-refractivity contribution in [3.05, 3.63) is 0 Å². The minimum atomic E-state index is -0.509. The predicted molar refractivity (Wildman–Crippen MR) is 73.5 cm³/mol. The highest BCUT2D eigenvalue weighted by molar-refractivity contribution is 8.00. The van der Waals surface area contributed by atoms with Gasteiger partial charge < -0.3 is 10.1 Å². The van der Waals surface area contributed by atoms with Crippen molar-refractivity contribution in [2.75, 3.05) is 12.9 Å². The molecule has 1 N–H and O–H groups in total. The normalized spacial score (nSPS) is 21.4. The van der Waals surface area contributed by atoms with E-state index in [-0.39, 0.29) is 17.1 Å². The van der Waals surface area contributed by atoms with Crippen LogP contribution in [0.1, 0.15) is 39.5 Å². The van der Waals surface area contributed by atoms with Crippen LogP contribution in [0, 0.1) is 5.92 Å². The van der Waals surface area contributed by atoms with Crippen molar-refractivity contribution in [1.29, 1.82) is 0 Å². The molecule has 0 aromatic rings. The Morgan fingerprint density at radius 1 is 1.39 bits per heavy atom. The molecule has 2 atom stereocenters. The second-order valence-electron chi connectivity index (χ2n) is 5.07. The average Bonchev–Trinajstić information content (AvgIpc) is 2.37. The Hall–Kier alpha value is -0.710. The van der Waals surface area contributed by atoms with Crippen LogP contribution in [-0.2, 0) is 14.3 Å². The number of thioether (sulfide) groups is 1. The summed E-state index contributed by atoms with van der Waals surface area (Å²) >= 11 is 1.69. The highest BCUT2D eigenvalue weighted by Gasteiger charge is 2.27. The van der Waals surface area contributed by atoms with E-state index in [0.717, 1.165) is 18.6 Å². The molecule has 1 aliphatic rings. The molecule has 1 rings (SSSR count). The molecule has 0 bridgehead atoms. The van der Waals surface area contributed by atoms with Crippen LogP contribution in [0.15, 0.2) is 0 Å². The molecular weight excluding hydrogens is 250 g/mol. The van der Waals surface area contributed by atoms with Gasteiger partial charge in [-0.3, -0.25) is 4.79 Å². The molecule has 0 radical (unpaired) electrons. The lowest BCUT2D eigenvalue weighted by atomic mass is 10.0. The van der Waals surface area contributed by atoms with Crippen molar-refractivity contribution in [3.8, 4) is 0 Å². The minimum Gasteiger partial charge on any atom is -0.467 e. The summed E-state index contributed by atoms with van der Waals surface area (Å²) < 4.78 is 4.74. The second kappa shape index (κ2) is 7.67. The Morgan fingerprint density at radius 2 is 2.11 bits per heavy atom. The molecule has 1 unspecified atom stereocenters. The first-order valence-corrected chi connectivity index (χ1v) is 7.59. The molecule has 4 nitrogen and oxygen atoms in total. The summed E-state index contributed by atoms with van der Waals surface area (Å²) in [6, 6.07) is -0.509. The van der Waals surface area contributed by atoms with E-state index in [1.807, 2.05) is 13.8 Å². The predicted octanol–water partition coefficient (Wildman–Crippen LogP) is 1.98. The van der Waals surface area contributed by atoms with E-state index in [4.69, 9.17) is 4.74 Å². The van der Waals surface area contributed by atoms with Crippen molar-refractivity contribution in [1.82, 2.24) is 5.32 Å². The van der Waals surface area contributed by atoms with Gasteiger partial charge in [0.05, 0.1) is 12.4 Å². The molecule has 0 saturated carbocycles. The zero-order chi connectivity index (χ0) is 13.5. The quantitative estimate of drug-likeness (QED) is 0.778. The third-order valence-electron chi connectivity index (χ3n) is 2.98. The summed E-state index contributed by atoms with van der Waals surface area (Å²) in [6.07, 6.45) is 3.81. The molecule has 1 fully saturated rings. The molecule has 5 heteroatoms. The molecule has 0 aromatic heterocycles. The van der Waals surface area contributed by atoms with Gasteiger partial charge in [0.25, 0.3) is 0 Å². The number of ether oxygens (including phenoxy) is 1. The largest absolute Gasteiger partial charge is 0.467 e. The van der Waals surface area contributed by atoms with Crippen molar-refractivity contribution in [2.24, 2.45) is 5.92 Å². The van der Waals surface area contributed by atoms with Crippen LogP contribution < -0.4 is 5.32 Å². The fourth-order valence-corrected chi connectivity index (χ4v) is 3.25. The van der Waals surface area contributed by atoms with Crippen molar-refractivity contribution >= 4 is 23.6 Å². The molecule has 1 heterocycles. The molecule has 1 aliphatic heterocycles. The highest BCUT2D eigenvalue weighted by atomic mass is 32.2. The third kappa shape index (κ3) is 4.88. The second-order valence-corrected chi connectivity index (χ2v) is 6.38. The van der Waals surface area contributed by atoms with Gasteiger partial charge in [0, 0.05) is 0 Å². The number of carbonyl (C=O) groups is 2. The summed E-state index contributed by atoms with van der Waals surface area (Å²) in [7, 11) is 1.36. The molecule has 1 amide bonds. The Bertz CT molecular complexity index is 288. The van der Waals surface area contributed by atoms with Crippen LogP contribution in [0.4, 0.5) is 0 Å². The lowest BCUT2D eigenvalue weighted by molar-refractivity contribution is -0.145. The van der Waals surface area contributed by atoms with Crippen LogP contribution >= 0.6 is 11.8 Å². The number of amides is 1. The van der Waals surface area contributed by atoms with E-state index < -0.39 is 6.04 Å². The molecule has 0 spiro atoms. The Labute approximate surface area is 113 Å². The lowest BCUT2D eigenvalue weighted by Gasteiger charge is -2.24. The molecule has 0 aromatic carbocycles. The number of methoxy groups -OCH3 is 1. The van der Waals surface area contributed by atoms with E-state index in [0.29, 0.717) is 12.3 Å². The zero-order valence-electron chi connectivity index (χ0n) is 11.4. The van der Waals surface area contributed by atoms with E-state index >= 15 is 0 Å². The van der Waals surface area contributed by atoms with Crippen molar-refractivity contribution < 1.29 is 14.3 Å². The van der Waals surface area contributed by atoms with E-state index in [9.17, 15) is 9.59 Å². The topological polar surface area (TPSA) is 55.4 Å². The first-order valence-electron chi connectivity index (χ1n) is 6.54. The highest BCUT2D eigenvalue weighted by Crippen LogP contribution is 2.25. The van der Waals surface area contributed by atoms with Crippen LogP contribution in [0.3, 0.4) is 0 Å². The molecule has 104 valence electrons. The maximum absolute atomic E-state index is 12.1. The number of carbonyl (C=O) groups excluding carboxylic acids is 2. The first kappa shape index (κ1) is 15.3. The molecule has 0 aliphatic carbocycles. The van der Waals surface area contributed by atoms with Gasteiger partial charge in [0.2, 0.25) is 5.91 Å². The summed E-state index contributed by atoms with van der Waals surface area (Å²) in [5.41, 5.74) is 0. The SMILES string of the molecule is COC(=O)C(CC(C)C)NC(=O)[C@@H]1CCCCS1. The van der Waals surface area contributed by atoms with Gasteiger partial charge in [0.15, 0.2) is 0 Å². The standard InChI is InChI=1S/C13H23NO3S/c1-9(2)8-10(13(16)17-3)14-12(15)11-6-4-5-7-18-11/h9-11H,4-8H2,1-3H3,(H,14,15)/t10?,11-/m0/s1. The Kier molecular flexibility index (Phi) is 6.54. The molecule has 1 saturated heterocycles. The zero-order valence-corrected chi connectivity index (χ0v) is 12.2. The van der Waals surface area contributed by atoms with Gasteiger partial charge in [-0.05, 0) is 30.9 Å². The fourth-order valence-electron chi connectivity index (χ4n) is 2.04. The van der Waals surface area contributed by atoms with Gasteiger partial charge in [-0.15, -0.1) is 11.8 Å². The number of hydrogen-bond acceptors (Lipinski definition) is 4. The third-order valence-corrected chi connectivity index (χ3v) is 4.36. The van der Waals surface area contributed by atoms with E-state index in [2.05, 4.69) is 5.32 Å². The Morgan fingerprint density at radius 3 is 2.61 bits per heavy atom. The maximum Gasteiger partial charge on any atom is 0.328 e. The number of esters is 1. The van der Waals surface area contributed by atoms with Gasteiger partial charge in [-0.2, -0.15) is 0 Å². The smallest absolute Gasteiger partial charge is 0.328 e. The van der Waals surface area contributed by atoms with Crippen molar-refractivity contribution in [2.45, 2.75) is 50.8 Å². The molecule has 18 heavy (non-hydrogen) atoms. The lowest BCUT2D eigenvalue weighted by Crippen LogP contribution is -2.46. The van der Waals surface area contributed by atoms with Crippen molar-refractivity contribution in [3.63, 3.8) is 0 Å². The summed E-state index contributed by atoms with van der Waals surface area (Å²) in [4.78, 5) is 23.7. The average molecular weight is 273 g/mol. The van der Waals surface area contributed by atoms with Gasteiger partial charge in [-0.25, -0.2) is 4.79 Å². The number of nitrogens with one attached hydrogen (secondary N) is 1. The van der Waals surface area contributed by atoms with Gasteiger partial charge >= 0.3 is 5.97 Å². The monoisotopic (exact) mass is 273 g/mol. The van der Waals surface area contributed by atoms with E-state index in [1.54, 1.807) is 11.8 Å². The maximum atomic E-state index is 12.1. The van der Waals surface area contributed by atoms with Crippen LogP contribution in [-0.4, -0.2) is 36.0 Å². The number of rotatable bonds is 5. The Balaban J connectivity index is 2.52. The van der Waals surface area contributed by atoms with Crippen LogP contribution in [0.25, 0.3) is 0 Å². The van der Waals surface area contributed by atoms with E-state index in [1.165, 1.54) is 13.5 Å². The minimum absolute atomic E-state index is 0.00179. The van der Waals surface area contributed by atoms with Gasteiger partial charge in [0.1, 0.15) is 6.04 Å². The summed E-state index contributed by atoms with van der Waals surface area (Å²) in [5, 5.41) is 2.83. The first-order chi connectivity index (χ1) is 8.54. The number of hydrogen-bond donors (Lipinski definition) is 1. The van der Waals surface area contributed by atoms with Gasteiger partial charge in [-0.1, -0.05) is 20.3 Å². The fraction of sp³-hybridized carbons (Fsp3) is 0.846. The van der Waals surface area contributed by atoms with Crippen LogP contribution in [0.2, 0.25) is 0 Å².